The van der Waals surface area contributed by atoms with Crippen LogP contribution in [0.15, 0.2) is 47.4 Å². The quantitative estimate of drug-likeness (QED) is 0.725. The van der Waals surface area contributed by atoms with Crippen LogP contribution in [0.1, 0.15) is 16.7 Å². The molecule has 2 aromatic carbocycles. The Hall–Kier alpha value is -2.42. The van der Waals surface area contributed by atoms with E-state index in [-0.39, 0.29) is 23.9 Å². The summed E-state index contributed by atoms with van der Waals surface area (Å²) < 4.78 is 33.8. The summed E-state index contributed by atoms with van der Waals surface area (Å²) in [6, 6.07) is 12.5. The first kappa shape index (κ1) is 22.3. The number of carbonyl (C=O) groups is 1. The van der Waals surface area contributed by atoms with Gasteiger partial charge in [-0.1, -0.05) is 35.9 Å². The summed E-state index contributed by atoms with van der Waals surface area (Å²) in [6.45, 7) is 6.11. The number of aryl methyl sites for hydroxylation is 2. The van der Waals surface area contributed by atoms with Crippen molar-refractivity contribution in [1.82, 2.24) is 14.5 Å². The van der Waals surface area contributed by atoms with Crippen molar-refractivity contribution in [2.75, 3.05) is 39.8 Å². The molecule has 1 aliphatic heterocycles. The molecule has 1 heterocycles. The molecule has 3 rings (SSSR count). The lowest BCUT2D eigenvalue weighted by atomic mass is 10.2. The highest BCUT2D eigenvalue weighted by Gasteiger charge is 2.30. The van der Waals surface area contributed by atoms with Crippen LogP contribution in [0.4, 0.5) is 0 Å². The van der Waals surface area contributed by atoms with Crippen LogP contribution in [0.25, 0.3) is 0 Å². The number of carbonyl (C=O) groups excluding carboxylic acids is 1. The van der Waals surface area contributed by atoms with Gasteiger partial charge >= 0.3 is 0 Å². The summed E-state index contributed by atoms with van der Waals surface area (Å²) in [7, 11) is -2.34. The van der Waals surface area contributed by atoms with E-state index >= 15 is 0 Å². The van der Waals surface area contributed by atoms with Crippen molar-refractivity contribution in [3.8, 4) is 5.75 Å². The Balaban J connectivity index is 1.96. The number of benzene rings is 2. The van der Waals surface area contributed by atoms with E-state index in [9.17, 15) is 13.2 Å². The molecule has 0 spiro atoms. The number of nitrogens with zero attached hydrogens (tertiary/aromatic N) is 2. The molecule has 8 heteroatoms. The summed E-state index contributed by atoms with van der Waals surface area (Å²) in [4.78, 5) is 14.9. The molecule has 0 bridgehead atoms. The highest BCUT2D eigenvalue weighted by atomic mass is 32.2. The summed E-state index contributed by atoms with van der Waals surface area (Å²) in [5.74, 6) is 0.396. The number of sulfonamides is 1. The minimum atomic E-state index is -3.89. The van der Waals surface area contributed by atoms with Crippen LogP contribution in [-0.4, -0.2) is 63.4 Å². The molecule has 0 saturated carbocycles. The van der Waals surface area contributed by atoms with E-state index < -0.39 is 10.0 Å². The van der Waals surface area contributed by atoms with Gasteiger partial charge in [-0.05, 0) is 31.5 Å². The molecule has 7 nitrogen and oxygen atoms in total. The van der Waals surface area contributed by atoms with Crippen LogP contribution in [0.2, 0.25) is 0 Å². The third-order valence-corrected chi connectivity index (χ3v) is 7.22. The molecule has 0 radical (unpaired) electrons. The number of amides is 1. The fourth-order valence-electron chi connectivity index (χ4n) is 3.64. The molecule has 1 saturated heterocycles. The largest absolute Gasteiger partial charge is 0.496 e. The number of para-hydroxylation sites is 1. The molecular weight excluding hydrogens is 402 g/mol. The molecule has 30 heavy (non-hydrogen) atoms. The van der Waals surface area contributed by atoms with Crippen molar-refractivity contribution in [3.05, 3.63) is 59.2 Å². The lowest BCUT2D eigenvalue weighted by molar-refractivity contribution is -0.132. The standard InChI is InChI=1S/C22H29N3O4S/c1-17-8-9-21(18(2)14-17)30(27,28)25(15-19-6-4-5-7-20(19)29-3)16-22(26)24-12-10-23-11-13-24/h4-9,14,23H,10-13,15-16H2,1-3H3. The first-order chi connectivity index (χ1) is 14.3. The fourth-order valence-corrected chi connectivity index (χ4v) is 5.22. The molecule has 0 aromatic heterocycles. The highest BCUT2D eigenvalue weighted by Crippen LogP contribution is 2.26. The second kappa shape index (κ2) is 9.59. The molecule has 0 unspecified atom stereocenters. The Morgan fingerprint density at radius 2 is 1.83 bits per heavy atom. The van der Waals surface area contributed by atoms with Crippen LogP contribution in [0.5, 0.6) is 5.75 Å². The van der Waals surface area contributed by atoms with E-state index in [1.165, 1.54) is 4.31 Å². The van der Waals surface area contributed by atoms with Gasteiger partial charge in [-0.25, -0.2) is 8.42 Å². The zero-order chi connectivity index (χ0) is 21.7. The third kappa shape index (κ3) is 5.00. The van der Waals surface area contributed by atoms with Crippen molar-refractivity contribution in [2.24, 2.45) is 0 Å². The Labute approximate surface area is 178 Å². The molecule has 0 aliphatic carbocycles. The molecule has 1 fully saturated rings. The second-order valence-corrected chi connectivity index (χ2v) is 9.39. The predicted octanol–water partition coefficient (Wildman–Crippen LogP) is 1.93. The topological polar surface area (TPSA) is 79.0 Å². The van der Waals surface area contributed by atoms with Crippen LogP contribution >= 0.6 is 0 Å². The van der Waals surface area contributed by atoms with E-state index in [0.717, 1.165) is 5.56 Å². The van der Waals surface area contributed by atoms with Crippen molar-refractivity contribution in [2.45, 2.75) is 25.3 Å². The summed E-state index contributed by atoms with van der Waals surface area (Å²) in [5, 5.41) is 3.20. The van der Waals surface area contributed by atoms with Gasteiger partial charge < -0.3 is 15.0 Å². The predicted molar refractivity (Wildman–Crippen MR) is 116 cm³/mol. The molecule has 162 valence electrons. The van der Waals surface area contributed by atoms with Gasteiger partial charge in [0.1, 0.15) is 5.75 Å². The zero-order valence-corrected chi connectivity index (χ0v) is 18.5. The van der Waals surface area contributed by atoms with E-state index in [1.807, 2.05) is 31.2 Å². The van der Waals surface area contributed by atoms with E-state index in [4.69, 9.17) is 4.74 Å². The monoisotopic (exact) mass is 431 g/mol. The summed E-state index contributed by atoms with van der Waals surface area (Å²) in [5.41, 5.74) is 2.36. The SMILES string of the molecule is COc1ccccc1CN(CC(=O)N1CCNCC1)S(=O)(=O)c1ccc(C)cc1C. The maximum Gasteiger partial charge on any atom is 0.244 e. The molecule has 1 amide bonds. The van der Waals surface area contributed by atoms with Gasteiger partial charge in [-0.2, -0.15) is 4.31 Å². The van der Waals surface area contributed by atoms with Crippen LogP contribution in [-0.2, 0) is 21.4 Å². The first-order valence-electron chi connectivity index (χ1n) is 10.0. The minimum absolute atomic E-state index is 0.0531. The van der Waals surface area contributed by atoms with Gasteiger partial charge in [0.25, 0.3) is 0 Å². The second-order valence-electron chi connectivity index (χ2n) is 7.48. The number of hydrogen-bond acceptors (Lipinski definition) is 5. The Morgan fingerprint density at radius 3 is 2.50 bits per heavy atom. The van der Waals surface area contributed by atoms with E-state index in [0.29, 0.717) is 43.1 Å². The van der Waals surface area contributed by atoms with Gasteiger partial charge in [-0.15, -0.1) is 0 Å². The number of hydrogen-bond donors (Lipinski definition) is 1. The lowest BCUT2D eigenvalue weighted by Crippen LogP contribution is -2.50. The number of methoxy groups -OCH3 is 1. The molecule has 2 aromatic rings. The van der Waals surface area contributed by atoms with Gasteiger partial charge in [-0.3, -0.25) is 4.79 Å². The Kier molecular flexibility index (Phi) is 7.12. The maximum atomic E-state index is 13.6. The van der Waals surface area contributed by atoms with Gasteiger partial charge in [0.2, 0.25) is 15.9 Å². The normalized spacial score (nSPS) is 14.7. The third-order valence-electron chi connectivity index (χ3n) is 5.27. The van der Waals surface area contributed by atoms with Crippen LogP contribution in [0, 0.1) is 13.8 Å². The first-order valence-corrected chi connectivity index (χ1v) is 11.4. The van der Waals surface area contributed by atoms with Crippen molar-refractivity contribution < 1.29 is 17.9 Å². The fraction of sp³-hybridized carbons (Fsp3) is 0.409. The molecule has 1 N–H and O–H groups in total. The minimum Gasteiger partial charge on any atom is -0.496 e. The smallest absolute Gasteiger partial charge is 0.244 e. The zero-order valence-electron chi connectivity index (χ0n) is 17.7. The maximum absolute atomic E-state index is 13.6. The molecular formula is C22H29N3O4S. The summed E-state index contributed by atoms with van der Waals surface area (Å²) >= 11 is 0. The number of ether oxygens (including phenoxy) is 1. The Morgan fingerprint density at radius 1 is 1.13 bits per heavy atom. The number of rotatable bonds is 7. The highest BCUT2D eigenvalue weighted by molar-refractivity contribution is 7.89. The number of piperazine rings is 1. The molecule has 1 aliphatic rings. The summed E-state index contributed by atoms with van der Waals surface area (Å²) in [6.07, 6.45) is 0. The lowest BCUT2D eigenvalue weighted by Gasteiger charge is -2.30. The van der Waals surface area contributed by atoms with Gasteiger partial charge in [0, 0.05) is 38.3 Å². The van der Waals surface area contributed by atoms with Crippen LogP contribution < -0.4 is 10.1 Å². The van der Waals surface area contributed by atoms with Crippen LogP contribution in [0.3, 0.4) is 0 Å². The van der Waals surface area contributed by atoms with Gasteiger partial charge in [0.05, 0.1) is 18.6 Å². The van der Waals surface area contributed by atoms with E-state index in [2.05, 4.69) is 5.32 Å². The van der Waals surface area contributed by atoms with Crippen molar-refractivity contribution >= 4 is 15.9 Å². The molecule has 0 atom stereocenters. The average molecular weight is 432 g/mol. The van der Waals surface area contributed by atoms with Gasteiger partial charge in [0.15, 0.2) is 0 Å². The van der Waals surface area contributed by atoms with E-state index in [1.54, 1.807) is 37.1 Å². The average Bonchev–Trinajstić information content (AvgIpc) is 2.74. The number of nitrogens with one attached hydrogen (secondary N) is 1. The van der Waals surface area contributed by atoms with Crippen molar-refractivity contribution in [1.29, 1.82) is 0 Å². The Bertz CT molecular complexity index is 1000. The van der Waals surface area contributed by atoms with Crippen molar-refractivity contribution in [3.63, 3.8) is 0 Å².